The monoisotopic (exact) mass is 689 g/mol. The molecule has 0 aliphatic heterocycles. The molecule has 0 aliphatic carbocycles. The summed E-state index contributed by atoms with van der Waals surface area (Å²) in [7, 11) is 0. The van der Waals surface area contributed by atoms with Gasteiger partial charge >= 0.3 is 0 Å². The SMILES string of the molecule is c1ccc(-c2ccc(-c3cccc(N(c4ccccc4)c4ccc(-c5cccc6c5oc5cc7ccccc7cc56)cc4-c4ccccc4)c3)cc2)cc1. The second-order valence-electron chi connectivity index (χ2n) is 13.7. The first-order valence-electron chi connectivity index (χ1n) is 18.4. The van der Waals surface area contributed by atoms with Crippen molar-refractivity contribution in [2.75, 3.05) is 4.90 Å². The summed E-state index contributed by atoms with van der Waals surface area (Å²) in [5, 5.41) is 4.65. The van der Waals surface area contributed by atoms with Crippen molar-refractivity contribution in [1.29, 1.82) is 0 Å². The lowest BCUT2D eigenvalue weighted by Gasteiger charge is -2.29. The molecule has 2 heteroatoms. The fourth-order valence-corrected chi connectivity index (χ4v) is 7.77. The predicted molar refractivity (Wildman–Crippen MR) is 228 cm³/mol. The first-order chi connectivity index (χ1) is 26.8. The van der Waals surface area contributed by atoms with Crippen molar-refractivity contribution >= 4 is 49.8 Å². The van der Waals surface area contributed by atoms with Crippen LogP contribution in [0.15, 0.2) is 217 Å². The Labute approximate surface area is 314 Å². The first-order valence-corrected chi connectivity index (χ1v) is 18.4. The highest BCUT2D eigenvalue weighted by Crippen LogP contribution is 2.45. The van der Waals surface area contributed by atoms with Gasteiger partial charge in [0.15, 0.2) is 0 Å². The minimum atomic E-state index is 0.903. The van der Waals surface area contributed by atoms with Gasteiger partial charge in [-0.25, -0.2) is 0 Å². The predicted octanol–water partition coefficient (Wildman–Crippen LogP) is 14.9. The van der Waals surface area contributed by atoms with Crippen LogP contribution in [0.4, 0.5) is 17.1 Å². The van der Waals surface area contributed by atoms with E-state index in [-0.39, 0.29) is 0 Å². The van der Waals surface area contributed by atoms with Crippen LogP contribution < -0.4 is 4.90 Å². The summed E-state index contributed by atoms with van der Waals surface area (Å²) >= 11 is 0. The lowest BCUT2D eigenvalue weighted by molar-refractivity contribution is 0.670. The highest BCUT2D eigenvalue weighted by atomic mass is 16.3. The van der Waals surface area contributed by atoms with Crippen LogP contribution in [-0.4, -0.2) is 0 Å². The Morgan fingerprint density at radius 1 is 0.315 bits per heavy atom. The van der Waals surface area contributed by atoms with Gasteiger partial charge in [-0.1, -0.05) is 164 Å². The van der Waals surface area contributed by atoms with Gasteiger partial charge in [-0.15, -0.1) is 0 Å². The van der Waals surface area contributed by atoms with Gasteiger partial charge in [-0.05, 0) is 92.7 Å². The second kappa shape index (κ2) is 13.4. The van der Waals surface area contributed by atoms with E-state index in [0.29, 0.717) is 0 Å². The van der Waals surface area contributed by atoms with Crippen molar-refractivity contribution in [2.24, 2.45) is 0 Å². The molecule has 0 fully saturated rings. The van der Waals surface area contributed by atoms with E-state index in [1.165, 1.54) is 27.5 Å². The van der Waals surface area contributed by atoms with Crippen LogP contribution in [0.1, 0.15) is 0 Å². The molecule has 0 atom stereocenters. The Hall–Kier alpha value is -7.16. The number of rotatable bonds is 7. The summed E-state index contributed by atoms with van der Waals surface area (Å²) in [5.74, 6) is 0. The van der Waals surface area contributed by atoms with E-state index in [9.17, 15) is 0 Å². The Bertz CT molecular complexity index is 2910. The highest BCUT2D eigenvalue weighted by molar-refractivity contribution is 6.13. The molecule has 0 amide bonds. The van der Waals surface area contributed by atoms with Gasteiger partial charge in [0.1, 0.15) is 11.2 Å². The van der Waals surface area contributed by atoms with E-state index in [1.807, 2.05) is 0 Å². The molecule has 10 aromatic rings. The van der Waals surface area contributed by atoms with Crippen LogP contribution in [0.2, 0.25) is 0 Å². The molecule has 10 rings (SSSR count). The third-order valence-corrected chi connectivity index (χ3v) is 10.4. The molecule has 0 spiro atoms. The molecule has 0 aliphatic rings. The smallest absolute Gasteiger partial charge is 0.143 e. The average molecular weight is 690 g/mol. The Kier molecular flexibility index (Phi) is 7.85. The standard InChI is InChI=1S/C52H35NO/c1-4-14-36(15-5-1)37-26-28-38(29-27-37)40-20-12-23-45(32-40)53(44-21-8-3-9-22-44)50-31-30-43(34-48(50)39-16-6-2-7-17-39)46-24-13-25-47-49-33-41-18-10-11-19-42(41)35-51(49)54-52(46)47/h1-35H. The summed E-state index contributed by atoms with van der Waals surface area (Å²) in [6, 6.07) is 75.8. The zero-order valence-corrected chi connectivity index (χ0v) is 29.6. The fourth-order valence-electron chi connectivity index (χ4n) is 7.77. The van der Waals surface area contributed by atoms with Crippen LogP contribution >= 0.6 is 0 Å². The highest BCUT2D eigenvalue weighted by Gasteiger charge is 2.20. The molecular weight excluding hydrogens is 655 g/mol. The van der Waals surface area contributed by atoms with Crippen LogP contribution in [0.5, 0.6) is 0 Å². The maximum Gasteiger partial charge on any atom is 0.143 e. The van der Waals surface area contributed by atoms with Gasteiger partial charge < -0.3 is 9.32 Å². The molecule has 0 bridgehead atoms. The number of hydrogen-bond donors (Lipinski definition) is 0. The van der Waals surface area contributed by atoms with Gasteiger partial charge in [0.25, 0.3) is 0 Å². The minimum absolute atomic E-state index is 0.903. The average Bonchev–Trinajstić information content (AvgIpc) is 3.62. The van der Waals surface area contributed by atoms with Crippen molar-refractivity contribution in [1.82, 2.24) is 0 Å². The van der Waals surface area contributed by atoms with Crippen LogP contribution in [0.25, 0.3) is 77.2 Å². The molecule has 0 N–H and O–H groups in total. The third kappa shape index (κ3) is 5.71. The summed E-state index contributed by atoms with van der Waals surface area (Å²) < 4.78 is 6.69. The van der Waals surface area contributed by atoms with E-state index in [4.69, 9.17) is 4.42 Å². The normalized spacial score (nSPS) is 11.3. The van der Waals surface area contributed by atoms with Gasteiger partial charge in [0.2, 0.25) is 0 Å². The zero-order chi connectivity index (χ0) is 35.8. The van der Waals surface area contributed by atoms with Crippen molar-refractivity contribution in [3.63, 3.8) is 0 Å². The quantitative estimate of drug-likeness (QED) is 0.166. The van der Waals surface area contributed by atoms with E-state index in [2.05, 4.69) is 217 Å². The molecule has 1 aromatic heterocycles. The number of furan rings is 1. The molecule has 9 aromatic carbocycles. The molecule has 0 saturated heterocycles. The first kappa shape index (κ1) is 31.6. The number of benzene rings is 9. The van der Waals surface area contributed by atoms with Crippen LogP contribution in [0.3, 0.4) is 0 Å². The van der Waals surface area contributed by atoms with Crippen molar-refractivity contribution in [3.8, 4) is 44.5 Å². The lowest BCUT2D eigenvalue weighted by Crippen LogP contribution is -2.11. The number of nitrogens with zero attached hydrogens (tertiary/aromatic N) is 1. The summed E-state index contributed by atoms with van der Waals surface area (Å²) in [5.41, 5.74) is 14.3. The molecule has 254 valence electrons. The van der Waals surface area contributed by atoms with Crippen molar-refractivity contribution in [3.05, 3.63) is 212 Å². The lowest BCUT2D eigenvalue weighted by atomic mass is 9.95. The van der Waals surface area contributed by atoms with Crippen molar-refractivity contribution in [2.45, 2.75) is 0 Å². The number of para-hydroxylation sites is 2. The Balaban J connectivity index is 1.12. The van der Waals surface area contributed by atoms with Crippen LogP contribution in [0, 0.1) is 0 Å². The fraction of sp³-hybridized carbons (Fsp3) is 0. The molecule has 0 saturated carbocycles. The molecule has 2 nitrogen and oxygen atoms in total. The van der Waals surface area contributed by atoms with Gasteiger partial charge in [0, 0.05) is 33.3 Å². The molecular formula is C52H35NO. The number of hydrogen-bond acceptors (Lipinski definition) is 2. The van der Waals surface area contributed by atoms with Gasteiger partial charge in [-0.2, -0.15) is 0 Å². The molecule has 0 unspecified atom stereocenters. The number of fused-ring (bicyclic) bond motifs is 4. The maximum atomic E-state index is 6.69. The zero-order valence-electron chi connectivity index (χ0n) is 29.6. The van der Waals surface area contributed by atoms with Crippen LogP contribution in [-0.2, 0) is 0 Å². The largest absolute Gasteiger partial charge is 0.455 e. The topological polar surface area (TPSA) is 16.4 Å². The molecule has 1 heterocycles. The summed E-state index contributed by atoms with van der Waals surface area (Å²) in [4.78, 5) is 2.38. The minimum Gasteiger partial charge on any atom is -0.455 e. The summed E-state index contributed by atoms with van der Waals surface area (Å²) in [6.07, 6.45) is 0. The van der Waals surface area contributed by atoms with E-state index in [0.717, 1.165) is 66.8 Å². The van der Waals surface area contributed by atoms with Gasteiger partial charge in [0.05, 0.1) is 5.69 Å². The second-order valence-corrected chi connectivity index (χ2v) is 13.7. The third-order valence-electron chi connectivity index (χ3n) is 10.4. The van der Waals surface area contributed by atoms with E-state index < -0.39 is 0 Å². The number of anilines is 3. The maximum absolute atomic E-state index is 6.69. The van der Waals surface area contributed by atoms with E-state index in [1.54, 1.807) is 0 Å². The molecule has 54 heavy (non-hydrogen) atoms. The Morgan fingerprint density at radius 2 is 0.870 bits per heavy atom. The molecule has 0 radical (unpaired) electrons. The van der Waals surface area contributed by atoms with Crippen molar-refractivity contribution < 1.29 is 4.42 Å². The van der Waals surface area contributed by atoms with E-state index >= 15 is 0 Å². The Morgan fingerprint density at radius 3 is 1.61 bits per heavy atom. The summed E-state index contributed by atoms with van der Waals surface area (Å²) in [6.45, 7) is 0. The van der Waals surface area contributed by atoms with Gasteiger partial charge in [-0.3, -0.25) is 0 Å².